The first-order chi connectivity index (χ1) is 5.82. The molecule has 0 bridgehead atoms. The summed E-state index contributed by atoms with van der Waals surface area (Å²) in [4.78, 5) is 0. The maximum absolute atomic E-state index is 12.4. The Morgan fingerprint density at radius 1 is 1.08 bits per heavy atom. The van der Waals surface area contributed by atoms with E-state index in [4.69, 9.17) is 11.6 Å². The van der Waals surface area contributed by atoms with E-state index < -0.39 is 11.7 Å². The molecule has 0 amide bonds. The Kier molecular flexibility index (Phi) is 2.57. The standard InChI is InChI=1S/C9H8ClF3/c1-5-3-7(10)4-6(2)8(5)9(11,12)13/h3-4H,1-2H3. The molecular formula is C9H8ClF3. The van der Waals surface area contributed by atoms with Gasteiger partial charge in [0.15, 0.2) is 0 Å². The number of alkyl halides is 3. The number of aryl methyl sites for hydroxylation is 2. The molecule has 0 heterocycles. The highest BCUT2D eigenvalue weighted by Gasteiger charge is 2.34. The molecule has 1 rings (SSSR count). The lowest BCUT2D eigenvalue weighted by Gasteiger charge is -2.13. The van der Waals surface area contributed by atoms with Crippen molar-refractivity contribution in [3.8, 4) is 0 Å². The lowest BCUT2D eigenvalue weighted by atomic mass is 10.0. The summed E-state index contributed by atoms with van der Waals surface area (Å²) in [6, 6.07) is 2.63. The third kappa shape index (κ3) is 2.15. The highest BCUT2D eigenvalue weighted by atomic mass is 35.5. The van der Waals surface area contributed by atoms with Gasteiger partial charge in [-0.1, -0.05) is 11.6 Å². The molecule has 0 aliphatic rings. The van der Waals surface area contributed by atoms with Crippen molar-refractivity contribution in [1.29, 1.82) is 0 Å². The monoisotopic (exact) mass is 208 g/mol. The first kappa shape index (κ1) is 10.4. The molecule has 0 unspecified atom stereocenters. The summed E-state index contributed by atoms with van der Waals surface area (Å²) in [7, 11) is 0. The van der Waals surface area contributed by atoms with Crippen LogP contribution in [-0.4, -0.2) is 0 Å². The summed E-state index contributed by atoms with van der Waals surface area (Å²) in [5.41, 5.74) is -0.257. The molecule has 1 aromatic rings. The Labute approximate surface area is 79.3 Å². The van der Waals surface area contributed by atoms with Gasteiger partial charge in [0, 0.05) is 5.02 Å². The lowest BCUT2D eigenvalue weighted by molar-refractivity contribution is -0.138. The zero-order chi connectivity index (χ0) is 10.2. The third-order valence-corrected chi connectivity index (χ3v) is 2.00. The second-order valence-corrected chi connectivity index (χ2v) is 3.35. The number of halogens is 4. The van der Waals surface area contributed by atoms with Gasteiger partial charge in [0.25, 0.3) is 0 Å². The largest absolute Gasteiger partial charge is 0.416 e. The molecule has 0 aliphatic heterocycles. The first-order valence-electron chi connectivity index (χ1n) is 3.66. The molecule has 0 saturated carbocycles. The smallest absolute Gasteiger partial charge is 0.166 e. The van der Waals surface area contributed by atoms with Crippen molar-refractivity contribution in [2.24, 2.45) is 0 Å². The summed E-state index contributed by atoms with van der Waals surface area (Å²) < 4.78 is 37.2. The van der Waals surface area contributed by atoms with Crippen LogP contribution in [0.25, 0.3) is 0 Å². The van der Waals surface area contributed by atoms with E-state index in [0.29, 0.717) is 5.02 Å². The summed E-state index contributed by atoms with van der Waals surface area (Å²) >= 11 is 5.60. The van der Waals surface area contributed by atoms with Gasteiger partial charge in [-0.15, -0.1) is 0 Å². The molecule has 72 valence electrons. The van der Waals surface area contributed by atoms with Crippen LogP contribution in [0.2, 0.25) is 5.02 Å². The van der Waals surface area contributed by atoms with Crippen molar-refractivity contribution in [3.05, 3.63) is 33.8 Å². The van der Waals surface area contributed by atoms with E-state index in [-0.39, 0.29) is 11.1 Å². The third-order valence-electron chi connectivity index (χ3n) is 1.78. The van der Waals surface area contributed by atoms with Crippen LogP contribution in [0.3, 0.4) is 0 Å². The van der Waals surface area contributed by atoms with Crippen molar-refractivity contribution < 1.29 is 13.2 Å². The summed E-state index contributed by atoms with van der Waals surface area (Å²) in [5.74, 6) is 0. The molecule has 0 nitrogen and oxygen atoms in total. The number of rotatable bonds is 0. The van der Waals surface area contributed by atoms with Crippen LogP contribution in [0.1, 0.15) is 16.7 Å². The molecule has 0 N–H and O–H groups in total. The predicted octanol–water partition coefficient (Wildman–Crippen LogP) is 3.98. The van der Waals surface area contributed by atoms with Gasteiger partial charge in [-0.05, 0) is 37.1 Å². The minimum Gasteiger partial charge on any atom is -0.166 e. The van der Waals surface area contributed by atoms with Crippen molar-refractivity contribution in [2.45, 2.75) is 20.0 Å². The molecule has 0 saturated heterocycles. The molecule has 4 heteroatoms. The minimum atomic E-state index is -4.29. The van der Waals surface area contributed by atoms with Crippen molar-refractivity contribution in [2.75, 3.05) is 0 Å². The van der Waals surface area contributed by atoms with Gasteiger partial charge in [0.1, 0.15) is 0 Å². The van der Waals surface area contributed by atoms with Crippen molar-refractivity contribution in [3.63, 3.8) is 0 Å². The maximum atomic E-state index is 12.4. The Morgan fingerprint density at radius 3 is 1.77 bits per heavy atom. The van der Waals surface area contributed by atoms with Gasteiger partial charge >= 0.3 is 6.18 Å². The van der Waals surface area contributed by atoms with Crippen LogP contribution < -0.4 is 0 Å². The van der Waals surface area contributed by atoms with Crippen LogP contribution in [-0.2, 0) is 6.18 Å². The number of hydrogen-bond donors (Lipinski definition) is 0. The molecule has 0 aliphatic carbocycles. The molecule has 0 radical (unpaired) electrons. The highest BCUT2D eigenvalue weighted by Crippen LogP contribution is 2.35. The topological polar surface area (TPSA) is 0 Å². The molecule has 1 aromatic carbocycles. The number of hydrogen-bond acceptors (Lipinski definition) is 0. The van der Waals surface area contributed by atoms with Crippen molar-refractivity contribution in [1.82, 2.24) is 0 Å². The Hall–Kier alpha value is -0.700. The molecular weight excluding hydrogens is 201 g/mol. The zero-order valence-corrected chi connectivity index (χ0v) is 7.92. The van der Waals surface area contributed by atoms with Gasteiger partial charge in [-0.25, -0.2) is 0 Å². The van der Waals surface area contributed by atoms with Gasteiger partial charge in [-0.2, -0.15) is 13.2 Å². The van der Waals surface area contributed by atoms with E-state index in [1.807, 2.05) is 0 Å². The van der Waals surface area contributed by atoms with Gasteiger partial charge in [-0.3, -0.25) is 0 Å². The second-order valence-electron chi connectivity index (χ2n) is 2.91. The van der Waals surface area contributed by atoms with Gasteiger partial charge in [0.05, 0.1) is 5.56 Å². The summed E-state index contributed by atoms with van der Waals surface area (Å²) in [6.07, 6.45) is -4.29. The highest BCUT2D eigenvalue weighted by molar-refractivity contribution is 6.30. The fraction of sp³-hybridized carbons (Fsp3) is 0.333. The normalized spacial score (nSPS) is 11.8. The van der Waals surface area contributed by atoms with E-state index >= 15 is 0 Å². The minimum absolute atomic E-state index is 0.164. The quantitative estimate of drug-likeness (QED) is 0.605. The summed E-state index contributed by atoms with van der Waals surface area (Å²) in [6.45, 7) is 2.81. The van der Waals surface area contributed by atoms with E-state index in [0.717, 1.165) is 0 Å². The first-order valence-corrected chi connectivity index (χ1v) is 4.04. The van der Waals surface area contributed by atoms with Crippen LogP contribution >= 0.6 is 11.6 Å². The maximum Gasteiger partial charge on any atom is 0.416 e. The lowest BCUT2D eigenvalue weighted by Crippen LogP contribution is -2.09. The predicted molar refractivity (Wildman–Crippen MR) is 45.9 cm³/mol. The SMILES string of the molecule is Cc1cc(Cl)cc(C)c1C(F)(F)F. The molecule has 0 aromatic heterocycles. The van der Waals surface area contributed by atoms with Crippen LogP contribution in [0.15, 0.2) is 12.1 Å². The van der Waals surface area contributed by atoms with E-state index in [1.165, 1.54) is 26.0 Å². The van der Waals surface area contributed by atoms with E-state index in [2.05, 4.69) is 0 Å². The fourth-order valence-corrected chi connectivity index (χ4v) is 1.69. The average Bonchev–Trinajstić information content (AvgIpc) is 1.78. The average molecular weight is 209 g/mol. The van der Waals surface area contributed by atoms with E-state index in [9.17, 15) is 13.2 Å². The second kappa shape index (κ2) is 3.22. The molecule has 0 atom stereocenters. The van der Waals surface area contributed by atoms with Crippen molar-refractivity contribution >= 4 is 11.6 Å². The zero-order valence-electron chi connectivity index (χ0n) is 7.17. The van der Waals surface area contributed by atoms with E-state index in [1.54, 1.807) is 0 Å². The molecule has 0 spiro atoms. The molecule has 0 fully saturated rings. The Balaban J connectivity index is 3.38. The van der Waals surface area contributed by atoms with Crippen LogP contribution in [0, 0.1) is 13.8 Å². The Bertz CT molecular complexity index is 305. The Morgan fingerprint density at radius 2 is 1.46 bits per heavy atom. The number of benzene rings is 1. The fourth-order valence-electron chi connectivity index (χ4n) is 1.36. The van der Waals surface area contributed by atoms with Gasteiger partial charge < -0.3 is 0 Å². The molecule has 13 heavy (non-hydrogen) atoms. The van der Waals surface area contributed by atoms with Crippen LogP contribution in [0.5, 0.6) is 0 Å². The van der Waals surface area contributed by atoms with Gasteiger partial charge in [0.2, 0.25) is 0 Å². The van der Waals surface area contributed by atoms with Crippen LogP contribution in [0.4, 0.5) is 13.2 Å². The summed E-state index contributed by atoms with van der Waals surface area (Å²) in [5, 5.41) is 0.336.